The molecule has 0 saturated heterocycles. The predicted octanol–water partition coefficient (Wildman–Crippen LogP) is 2.90. The average molecular weight is 156 g/mol. The fraction of sp³-hybridized carbons (Fsp3) is 0.800. The molecule has 1 heteroatoms. The first-order valence-electron chi connectivity index (χ1n) is 4.67. The molecule has 1 nitrogen and oxygen atoms in total. The standard InChI is InChI=1S/C10H20O/c1-2-3-4-5-6-7-8-9-10-11/h3-4,11H,2,5-10H2,1H3/b4-3+. The molecule has 0 amide bonds. The van der Waals surface area contributed by atoms with E-state index in [1.807, 2.05) is 0 Å². The van der Waals surface area contributed by atoms with Gasteiger partial charge in [-0.15, -0.1) is 0 Å². The second-order valence-electron chi connectivity index (χ2n) is 2.81. The van der Waals surface area contributed by atoms with Gasteiger partial charge in [0.2, 0.25) is 0 Å². The zero-order valence-corrected chi connectivity index (χ0v) is 7.55. The molecule has 0 rings (SSSR count). The number of rotatable bonds is 7. The van der Waals surface area contributed by atoms with Crippen molar-refractivity contribution in [1.29, 1.82) is 0 Å². The van der Waals surface area contributed by atoms with Crippen molar-refractivity contribution in [1.82, 2.24) is 0 Å². The normalized spacial score (nSPS) is 11.1. The van der Waals surface area contributed by atoms with Crippen molar-refractivity contribution in [3.05, 3.63) is 12.2 Å². The van der Waals surface area contributed by atoms with Crippen LogP contribution in [-0.2, 0) is 0 Å². The molecule has 0 heterocycles. The molecule has 0 aliphatic carbocycles. The van der Waals surface area contributed by atoms with Gasteiger partial charge in [-0.05, 0) is 25.7 Å². The third-order valence-electron chi connectivity index (χ3n) is 1.68. The Kier molecular flexibility index (Phi) is 9.44. The monoisotopic (exact) mass is 156 g/mol. The van der Waals surface area contributed by atoms with Crippen LogP contribution in [0.2, 0.25) is 0 Å². The van der Waals surface area contributed by atoms with Crippen LogP contribution in [0.3, 0.4) is 0 Å². The van der Waals surface area contributed by atoms with Crippen LogP contribution in [0, 0.1) is 0 Å². The maximum absolute atomic E-state index is 8.49. The number of unbranched alkanes of at least 4 members (excludes halogenated alkanes) is 4. The second kappa shape index (κ2) is 9.70. The first kappa shape index (κ1) is 10.7. The SMILES string of the molecule is CC/C=C/CCCCCCO. The summed E-state index contributed by atoms with van der Waals surface area (Å²) in [6.45, 7) is 2.51. The Morgan fingerprint density at radius 2 is 1.73 bits per heavy atom. The molecule has 0 spiro atoms. The summed E-state index contributed by atoms with van der Waals surface area (Å²) in [5, 5.41) is 8.49. The molecule has 0 radical (unpaired) electrons. The van der Waals surface area contributed by atoms with Gasteiger partial charge in [-0.3, -0.25) is 0 Å². The lowest BCUT2D eigenvalue weighted by molar-refractivity contribution is 0.282. The summed E-state index contributed by atoms with van der Waals surface area (Å²) >= 11 is 0. The van der Waals surface area contributed by atoms with Crippen molar-refractivity contribution in [3.63, 3.8) is 0 Å². The van der Waals surface area contributed by atoms with Gasteiger partial charge in [-0.1, -0.05) is 31.9 Å². The predicted molar refractivity (Wildman–Crippen MR) is 49.6 cm³/mol. The zero-order valence-electron chi connectivity index (χ0n) is 7.55. The largest absolute Gasteiger partial charge is 0.396 e. The fourth-order valence-electron chi connectivity index (χ4n) is 1.01. The lowest BCUT2D eigenvalue weighted by Gasteiger charge is -1.95. The highest BCUT2D eigenvalue weighted by Crippen LogP contribution is 2.03. The van der Waals surface area contributed by atoms with Crippen LogP contribution in [0.15, 0.2) is 12.2 Å². The van der Waals surface area contributed by atoms with E-state index in [0.717, 1.165) is 12.8 Å². The van der Waals surface area contributed by atoms with Crippen molar-refractivity contribution < 1.29 is 5.11 Å². The maximum atomic E-state index is 8.49. The Labute approximate surface area is 70.1 Å². The Bertz CT molecular complexity index is 86.9. The summed E-state index contributed by atoms with van der Waals surface area (Å²) in [4.78, 5) is 0. The van der Waals surface area contributed by atoms with E-state index in [-0.39, 0.29) is 0 Å². The van der Waals surface area contributed by atoms with Gasteiger partial charge in [0, 0.05) is 6.61 Å². The van der Waals surface area contributed by atoms with E-state index in [9.17, 15) is 0 Å². The average Bonchev–Trinajstić information content (AvgIpc) is 2.03. The van der Waals surface area contributed by atoms with Crippen molar-refractivity contribution >= 4 is 0 Å². The van der Waals surface area contributed by atoms with Crippen LogP contribution >= 0.6 is 0 Å². The van der Waals surface area contributed by atoms with Crippen molar-refractivity contribution in [3.8, 4) is 0 Å². The van der Waals surface area contributed by atoms with Crippen LogP contribution in [0.4, 0.5) is 0 Å². The van der Waals surface area contributed by atoms with Gasteiger partial charge in [-0.25, -0.2) is 0 Å². The van der Waals surface area contributed by atoms with Gasteiger partial charge in [0.25, 0.3) is 0 Å². The molecule has 0 aromatic carbocycles. The minimum absolute atomic E-state index is 0.352. The first-order chi connectivity index (χ1) is 5.41. The number of hydrogen-bond acceptors (Lipinski definition) is 1. The molecule has 1 N–H and O–H groups in total. The minimum atomic E-state index is 0.352. The second-order valence-corrected chi connectivity index (χ2v) is 2.81. The van der Waals surface area contributed by atoms with E-state index in [2.05, 4.69) is 19.1 Å². The van der Waals surface area contributed by atoms with Crippen molar-refractivity contribution in [2.75, 3.05) is 6.61 Å². The van der Waals surface area contributed by atoms with Gasteiger partial charge in [0.15, 0.2) is 0 Å². The fourth-order valence-corrected chi connectivity index (χ4v) is 1.01. The summed E-state index contributed by atoms with van der Waals surface area (Å²) in [6.07, 6.45) is 11.5. The maximum Gasteiger partial charge on any atom is 0.0431 e. The highest BCUT2D eigenvalue weighted by atomic mass is 16.2. The Hall–Kier alpha value is -0.300. The number of aliphatic hydroxyl groups excluding tert-OH is 1. The highest BCUT2D eigenvalue weighted by molar-refractivity contribution is 4.79. The summed E-state index contributed by atoms with van der Waals surface area (Å²) in [6, 6.07) is 0. The van der Waals surface area contributed by atoms with E-state index in [0.29, 0.717) is 6.61 Å². The molecule has 0 aliphatic heterocycles. The highest BCUT2D eigenvalue weighted by Gasteiger charge is 1.85. The Morgan fingerprint density at radius 3 is 2.36 bits per heavy atom. The topological polar surface area (TPSA) is 20.2 Å². The molecule has 0 aromatic rings. The zero-order chi connectivity index (χ0) is 8.36. The van der Waals surface area contributed by atoms with Gasteiger partial charge in [0.1, 0.15) is 0 Å². The molecule has 0 saturated carbocycles. The van der Waals surface area contributed by atoms with E-state index in [1.54, 1.807) is 0 Å². The molecule has 0 aliphatic rings. The number of allylic oxidation sites excluding steroid dienone is 2. The van der Waals surface area contributed by atoms with Gasteiger partial charge < -0.3 is 5.11 Å². The molecule has 0 bridgehead atoms. The molecule has 0 unspecified atom stereocenters. The summed E-state index contributed by atoms with van der Waals surface area (Å²) in [5.74, 6) is 0. The van der Waals surface area contributed by atoms with Crippen LogP contribution < -0.4 is 0 Å². The molecule has 0 aromatic heterocycles. The Balaban J connectivity index is 2.85. The van der Waals surface area contributed by atoms with Crippen molar-refractivity contribution in [2.24, 2.45) is 0 Å². The number of hydrogen-bond donors (Lipinski definition) is 1. The van der Waals surface area contributed by atoms with Crippen LogP contribution in [-0.4, -0.2) is 11.7 Å². The smallest absolute Gasteiger partial charge is 0.0431 e. The summed E-state index contributed by atoms with van der Waals surface area (Å²) in [7, 11) is 0. The van der Waals surface area contributed by atoms with Gasteiger partial charge in [-0.2, -0.15) is 0 Å². The first-order valence-corrected chi connectivity index (χ1v) is 4.67. The van der Waals surface area contributed by atoms with Crippen LogP contribution in [0.5, 0.6) is 0 Å². The lowest BCUT2D eigenvalue weighted by Crippen LogP contribution is -1.82. The van der Waals surface area contributed by atoms with E-state index in [1.165, 1.54) is 25.7 Å². The molecule has 66 valence electrons. The molecular weight excluding hydrogens is 136 g/mol. The third kappa shape index (κ3) is 9.70. The number of aliphatic hydroxyl groups is 1. The van der Waals surface area contributed by atoms with E-state index >= 15 is 0 Å². The molecular formula is C10H20O. The van der Waals surface area contributed by atoms with Crippen LogP contribution in [0.25, 0.3) is 0 Å². The Morgan fingerprint density at radius 1 is 1.00 bits per heavy atom. The minimum Gasteiger partial charge on any atom is -0.396 e. The van der Waals surface area contributed by atoms with E-state index < -0.39 is 0 Å². The quantitative estimate of drug-likeness (QED) is 0.444. The molecule has 0 atom stereocenters. The lowest BCUT2D eigenvalue weighted by atomic mass is 10.1. The van der Waals surface area contributed by atoms with Crippen molar-refractivity contribution in [2.45, 2.75) is 45.4 Å². The van der Waals surface area contributed by atoms with E-state index in [4.69, 9.17) is 5.11 Å². The van der Waals surface area contributed by atoms with Crippen LogP contribution in [0.1, 0.15) is 45.4 Å². The summed E-state index contributed by atoms with van der Waals surface area (Å²) in [5.41, 5.74) is 0. The van der Waals surface area contributed by atoms with Gasteiger partial charge >= 0.3 is 0 Å². The summed E-state index contributed by atoms with van der Waals surface area (Å²) < 4.78 is 0. The third-order valence-corrected chi connectivity index (χ3v) is 1.68. The molecule has 0 fully saturated rings. The van der Waals surface area contributed by atoms with Gasteiger partial charge in [0.05, 0.1) is 0 Å². The molecule has 11 heavy (non-hydrogen) atoms.